The Kier molecular flexibility index (Phi) is 3.94. The first-order valence-corrected chi connectivity index (χ1v) is 7.51. The topological polar surface area (TPSA) is 58.2 Å². The summed E-state index contributed by atoms with van der Waals surface area (Å²) in [5.74, 6) is -0.921. The zero-order valence-corrected chi connectivity index (χ0v) is 13.0. The summed E-state index contributed by atoms with van der Waals surface area (Å²) in [6, 6.07) is 9.46. The average molecular weight is 363 g/mol. The summed E-state index contributed by atoms with van der Waals surface area (Å²) in [5, 5.41) is 5.30. The van der Waals surface area contributed by atoms with E-state index in [0.29, 0.717) is 22.9 Å². The largest absolute Gasteiger partial charge is 0.326 e. The lowest BCUT2D eigenvalue weighted by molar-refractivity contribution is -0.116. The minimum absolute atomic E-state index is 0.0263. The van der Waals surface area contributed by atoms with Crippen molar-refractivity contribution in [3.63, 3.8) is 0 Å². The minimum Gasteiger partial charge on any atom is -0.326 e. The van der Waals surface area contributed by atoms with Crippen molar-refractivity contribution in [2.45, 2.75) is 12.8 Å². The van der Waals surface area contributed by atoms with Gasteiger partial charge in [-0.2, -0.15) is 0 Å². The van der Waals surface area contributed by atoms with Crippen molar-refractivity contribution < 1.29 is 14.0 Å². The number of benzene rings is 2. The molecule has 0 atom stereocenters. The quantitative estimate of drug-likeness (QED) is 0.855. The second-order valence-corrected chi connectivity index (χ2v) is 5.91. The molecule has 1 aliphatic heterocycles. The van der Waals surface area contributed by atoms with E-state index in [2.05, 4.69) is 26.6 Å². The van der Waals surface area contributed by atoms with Gasteiger partial charge in [0.25, 0.3) is 5.91 Å². The number of carbonyl (C=O) groups excluding carboxylic acids is 2. The zero-order valence-electron chi connectivity index (χ0n) is 11.5. The van der Waals surface area contributed by atoms with Crippen molar-refractivity contribution >= 4 is 39.1 Å². The molecule has 0 aliphatic carbocycles. The molecule has 0 bridgehead atoms. The first-order chi connectivity index (χ1) is 10.5. The van der Waals surface area contributed by atoms with E-state index in [1.165, 1.54) is 12.1 Å². The second-order valence-electron chi connectivity index (χ2n) is 5.00. The summed E-state index contributed by atoms with van der Waals surface area (Å²) in [5.41, 5.74) is 2.18. The summed E-state index contributed by atoms with van der Waals surface area (Å²) < 4.78 is 14.4. The number of carbonyl (C=O) groups is 2. The monoisotopic (exact) mass is 362 g/mol. The molecular formula is C16H12BrFN2O2. The fraction of sp³-hybridized carbons (Fsp3) is 0.125. The van der Waals surface area contributed by atoms with Gasteiger partial charge in [0.1, 0.15) is 5.82 Å². The lowest BCUT2D eigenvalue weighted by Crippen LogP contribution is -2.20. The molecule has 0 saturated carbocycles. The van der Waals surface area contributed by atoms with Crippen molar-refractivity contribution in [1.82, 2.24) is 0 Å². The third-order valence-electron chi connectivity index (χ3n) is 3.44. The third-order valence-corrected chi connectivity index (χ3v) is 3.94. The summed E-state index contributed by atoms with van der Waals surface area (Å²) in [6.45, 7) is 0. The highest BCUT2D eigenvalue weighted by atomic mass is 79.9. The molecule has 0 radical (unpaired) electrons. The number of amides is 2. The van der Waals surface area contributed by atoms with E-state index in [1.807, 2.05) is 0 Å². The van der Waals surface area contributed by atoms with Crippen LogP contribution in [0.25, 0.3) is 0 Å². The van der Waals surface area contributed by atoms with Crippen molar-refractivity contribution in [1.29, 1.82) is 0 Å². The highest BCUT2D eigenvalue weighted by molar-refractivity contribution is 9.10. The minimum atomic E-state index is -0.507. The zero-order chi connectivity index (χ0) is 15.7. The molecule has 1 heterocycles. The van der Waals surface area contributed by atoms with E-state index in [4.69, 9.17) is 0 Å². The van der Waals surface area contributed by atoms with Crippen LogP contribution in [0.5, 0.6) is 0 Å². The van der Waals surface area contributed by atoms with E-state index in [1.54, 1.807) is 24.3 Å². The molecule has 2 aromatic rings. The lowest BCUT2D eigenvalue weighted by Gasteiger charge is -2.17. The van der Waals surface area contributed by atoms with E-state index in [9.17, 15) is 14.0 Å². The van der Waals surface area contributed by atoms with Gasteiger partial charge in [-0.25, -0.2) is 4.39 Å². The van der Waals surface area contributed by atoms with Crippen LogP contribution in [0.15, 0.2) is 40.9 Å². The van der Waals surface area contributed by atoms with Gasteiger partial charge in [0, 0.05) is 22.1 Å². The van der Waals surface area contributed by atoms with Gasteiger partial charge in [0.2, 0.25) is 5.91 Å². The molecule has 2 N–H and O–H groups in total. The Morgan fingerprint density at radius 2 is 2.00 bits per heavy atom. The molecule has 6 heteroatoms. The van der Waals surface area contributed by atoms with Crippen LogP contribution in [0.3, 0.4) is 0 Å². The maximum absolute atomic E-state index is 13.8. The first kappa shape index (κ1) is 14.7. The maximum atomic E-state index is 13.8. The van der Waals surface area contributed by atoms with Gasteiger partial charge in [-0.05, 0) is 48.4 Å². The maximum Gasteiger partial charge on any atom is 0.255 e. The predicted octanol–water partition coefficient (Wildman–Crippen LogP) is 3.73. The molecule has 0 fully saturated rings. The molecule has 22 heavy (non-hydrogen) atoms. The summed E-state index contributed by atoms with van der Waals surface area (Å²) in [7, 11) is 0. The van der Waals surface area contributed by atoms with Gasteiger partial charge in [0.15, 0.2) is 0 Å². The Morgan fingerprint density at radius 1 is 1.18 bits per heavy atom. The molecule has 3 rings (SSSR count). The van der Waals surface area contributed by atoms with Crippen LogP contribution in [0.1, 0.15) is 22.3 Å². The number of halogens is 2. The molecule has 1 aliphatic rings. The molecule has 2 aromatic carbocycles. The SMILES string of the molecule is O=C1CCc2cc(C(=O)Nc3ccc(Br)cc3F)ccc2N1. The number of nitrogens with one attached hydrogen (secondary N) is 2. The Balaban J connectivity index is 1.82. The number of fused-ring (bicyclic) bond motifs is 1. The number of rotatable bonds is 2. The molecular weight excluding hydrogens is 351 g/mol. The number of aryl methyl sites for hydroxylation is 1. The fourth-order valence-corrected chi connectivity index (χ4v) is 2.64. The van der Waals surface area contributed by atoms with Gasteiger partial charge < -0.3 is 10.6 Å². The van der Waals surface area contributed by atoms with Gasteiger partial charge in [-0.15, -0.1) is 0 Å². The summed E-state index contributed by atoms with van der Waals surface area (Å²) >= 11 is 3.17. The van der Waals surface area contributed by atoms with Crippen LogP contribution in [0.2, 0.25) is 0 Å². The lowest BCUT2D eigenvalue weighted by atomic mass is 10.00. The van der Waals surface area contributed by atoms with Crippen molar-refractivity contribution in [2.24, 2.45) is 0 Å². The fourth-order valence-electron chi connectivity index (χ4n) is 2.31. The number of hydrogen-bond acceptors (Lipinski definition) is 2. The van der Waals surface area contributed by atoms with E-state index >= 15 is 0 Å². The van der Waals surface area contributed by atoms with Crippen molar-refractivity contribution in [3.8, 4) is 0 Å². The van der Waals surface area contributed by atoms with Crippen LogP contribution in [-0.4, -0.2) is 11.8 Å². The first-order valence-electron chi connectivity index (χ1n) is 6.72. The summed E-state index contributed by atoms with van der Waals surface area (Å²) in [6.07, 6.45) is 0.994. The molecule has 112 valence electrons. The van der Waals surface area contributed by atoms with Crippen LogP contribution < -0.4 is 10.6 Å². The molecule has 2 amide bonds. The van der Waals surface area contributed by atoms with Crippen LogP contribution in [-0.2, 0) is 11.2 Å². The van der Waals surface area contributed by atoms with Gasteiger partial charge in [-0.1, -0.05) is 15.9 Å². The molecule has 4 nitrogen and oxygen atoms in total. The van der Waals surface area contributed by atoms with Gasteiger partial charge in [-0.3, -0.25) is 9.59 Å². The third kappa shape index (κ3) is 3.01. The van der Waals surface area contributed by atoms with Gasteiger partial charge >= 0.3 is 0 Å². The standard InChI is InChI=1S/C16H12BrFN2O2/c17-11-3-5-14(12(18)8-11)20-16(22)10-1-4-13-9(7-10)2-6-15(21)19-13/h1,3-5,7-8H,2,6H2,(H,19,21)(H,20,22). The highest BCUT2D eigenvalue weighted by Gasteiger charge is 2.17. The van der Waals surface area contributed by atoms with Crippen LogP contribution in [0.4, 0.5) is 15.8 Å². The van der Waals surface area contributed by atoms with Crippen molar-refractivity contribution in [3.05, 3.63) is 57.8 Å². The Hall–Kier alpha value is -2.21. The summed E-state index contributed by atoms with van der Waals surface area (Å²) in [4.78, 5) is 23.5. The second kappa shape index (κ2) is 5.88. The molecule has 0 aromatic heterocycles. The van der Waals surface area contributed by atoms with Gasteiger partial charge in [0.05, 0.1) is 5.69 Å². The highest BCUT2D eigenvalue weighted by Crippen LogP contribution is 2.25. The Labute approximate surface area is 134 Å². The number of anilines is 2. The average Bonchev–Trinajstić information content (AvgIpc) is 2.49. The van der Waals surface area contributed by atoms with Crippen molar-refractivity contribution in [2.75, 3.05) is 10.6 Å². The van der Waals surface area contributed by atoms with E-state index < -0.39 is 5.82 Å². The normalized spacial score (nSPS) is 13.3. The van der Waals surface area contributed by atoms with Crippen LogP contribution >= 0.6 is 15.9 Å². The Bertz CT molecular complexity index is 777. The smallest absolute Gasteiger partial charge is 0.255 e. The van der Waals surface area contributed by atoms with Crippen LogP contribution in [0, 0.1) is 5.82 Å². The Morgan fingerprint density at radius 3 is 2.77 bits per heavy atom. The number of hydrogen-bond donors (Lipinski definition) is 2. The van der Waals surface area contributed by atoms with E-state index in [-0.39, 0.29) is 17.5 Å². The predicted molar refractivity (Wildman–Crippen MR) is 85.4 cm³/mol. The molecule has 0 spiro atoms. The molecule has 0 saturated heterocycles. The van der Waals surface area contributed by atoms with E-state index in [0.717, 1.165) is 11.3 Å². The molecule has 0 unspecified atom stereocenters.